The summed E-state index contributed by atoms with van der Waals surface area (Å²) in [6.45, 7) is 7.00. The normalized spacial score (nSPS) is 24.0. The van der Waals surface area contributed by atoms with E-state index in [-0.39, 0.29) is 5.41 Å². The third-order valence-corrected chi connectivity index (χ3v) is 5.84. The van der Waals surface area contributed by atoms with Gasteiger partial charge in [-0.2, -0.15) is 0 Å². The second-order valence-electron chi connectivity index (χ2n) is 7.21. The smallest absolute Gasteiger partial charge is 0.233 e. The van der Waals surface area contributed by atoms with Gasteiger partial charge in [-0.1, -0.05) is 0 Å². The van der Waals surface area contributed by atoms with Crippen molar-refractivity contribution in [3.8, 4) is 0 Å². The van der Waals surface area contributed by atoms with E-state index in [1.54, 1.807) is 0 Å². The molecule has 1 spiro atoms. The monoisotopic (exact) mass is 314 g/mol. The van der Waals surface area contributed by atoms with Gasteiger partial charge in [0.1, 0.15) is 5.82 Å². The second-order valence-corrected chi connectivity index (χ2v) is 7.21. The second kappa shape index (κ2) is 5.78. The lowest BCUT2D eigenvalue weighted by molar-refractivity contribution is -0.126. The Hall–Kier alpha value is -1.62. The summed E-state index contributed by atoms with van der Waals surface area (Å²) in [5.74, 6) is 1.38. The molecule has 1 amide bonds. The molecule has 0 bridgehead atoms. The average molecular weight is 314 g/mol. The van der Waals surface area contributed by atoms with Gasteiger partial charge >= 0.3 is 0 Å². The molecule has 0 radical (unpaired) electrons. The van der Waals surface area contributed by atoms with Crippen molar-refractivity contribution in [3.63, 3.8) is 0 Å². The molecule has 0 saturated carbocycles. The Kier molecular flexibility index (Phi) is 3.76. The lowest BCUT2D eigenvalue weighted by Crippen LogP contribution is -2.42. The summed E-state index contributed by atoms with van der Waals surface area (Å²) in [4.78, 5) is 22.2. The Morgan fingerprint density at radius 3 is 2.52 bits per heavy atom. The van der Waals surface area contributed by atoms with Crippen molar-refractivity contribution in [1.29, 1.82) is 0 Å². The van der Waals surface area contributed by atoms with Crippen molar-refractivity contribution in [2.24, 2.45) is 5.41 Å². The topological polar surface area (TPSA) is 48.5 Å². The van der Waals surface area contributed by atoms with Crippen LogP contribution in [0.4, 0.5) is 11.5 Å². The molecule has 5 heteroatoms. The highest BCUT2D eigenvalue weighted by Crippen LogP contribution is 2.42. The molecule has 3 saturated heterocycles. The van der Waals surface area contributed by atoms with Crippen molar-refractivity contribution in [2.75, 3.05) is 42.5 Å². The van der Waals surface area contributed by atoms with Gasteiger partial charge in [0.25, 0.3) is 0 Å². The quantitative estimate of drug-likeness (QED) is 0.908. The zero-order valence-electron chi connectivity index (χ0n) is 14.0. The molecular weight excluding hydrogens is 288 g/mol. The number of amides is 1. The molecule has 0 unspecified atom stereocenters. The summed E-state index contributed by atoms with van der Waals surface area (Å²) in [5, 5.41) is 3.37. The van der Waals surface area contributed by atoms with Crippen LogP contribution in [0.1, 0.15) is 37.8 Å². The fraction of sp³-hybridized carbons (Fsp3) is 0.667. The molecule has 3 aliphatic rings. The minimum atomic E-state index is -0.120. The summed E-state index contributed by atoms with van der Waals surface area (Å²) in [6, 6.07) is 4.20. The highest BCUT2D eigenvalue weighted by molar-refractivity contribution is 6.00. The van der Waals surface area contributed by atoms with Gasteiger partial charge in [-0.25, -0.2) is 4.98 Å². The van der Waals surface area contributed by atoms with E-state index >= 15 is 0 Å². The number of pyridine rings is 1. The van der Waals surface area contributed by atoms with Crippen molar-refractivity contribution < 1.29 is 4.79 Å². The van der Waals surface area contributed by atoms with E-state index in [0.717, 1.165) is 69.2 Å². The van der Waals surface area contributed by atoms with E-state index in [2.05, 4.69) is 22.3 Å². The molecule has 23 heavy (non-hydrogen) atoms. The Balaban J connectivity index is 1.57. The molecule has 3 fully saturated rings. The van der Waals surface area contributed by atoms with E-state index in [0.29, 0.717) is 5.91 Å². The highest BCUT2D eigenvalue weighted by atomic mass is 16.2. The number of aryl methyl sites for hydroxylation is 1. The summed E-state index contributed by atoms with van der Waals surface area (Å²) in [5.41, 5.74) is 1.87. The maximum absolute atomic E-state index is 13.0. The SMILES string of the molecule is Cc1nc(N2CCCC2)ccc1N1CCC2(CCNCC2)C1=O. The number of rotatable bonds is 2. The molecular formula is C18H26N4O. The van der Waals surface area contributed by atoms with E-state index in [9.17, 15) is 4.79 Å². The lowest BCUT2D eigenvalue weighted by Gasteiger charge is -2.32. The third kappa shape index (κ3) is 2.51. The molecule has 124 valence electrons. The molecule has 1 aromatic rings. The van der Waals surface area contributed by atoms with Crippen LogP contribution >= 0.6 is 0 Å². The number of carbonyl (C=O) groups excluding carboxylic acids is 1. The van der Waals surface area contributed by atoms with Crippen LogP contribution in [0.3, 0.4) is 0 Å². The van der Waals surface area contributed by atoms with Crippen molar-refractivity contribution in [3.05, 3.63) is 17.8 Å². The molecule has 5 nitrogen and oxygen atoms in total. The van der Waals surface area contributed by atoms with Crippen LogP contribution in [-0.4, -0.2) is 43.6 Å². The summed E-state index contributed by atoms with van der Waals surface area (Å²) in [6.07, 6.45) is 5.44. The Labute approximate surface area is 138 Å². The number of carbonyl (C=O) groups is 1. The molecule has 4 heterocycles. The van der Waals surface area contributed by atoms with E-state index in [1.165, 1.54) is 12.8 Å². The highest BCUT2D eigenvalue weighted by Gasteiger charge is 2.47. The minimum absolute atomic E-state index is 0.120. The molecule has 1 aromatic heterocycles. The zero-order chi connectivity index (χ0) is 15.9. The maximum Gasteiger partial charge on any atom is 0.233 e. The lowest BCUT2D eigenvalue weighted by atomic mass is 9.77. The average Bonchev–Trinajstić information content (AvgIpc) is 3.20. The summed E-state index contributed by atoms with van der Waals surface area (Å²) >= 11 is 0. The fourth-order valence-electron chi connectivity index (χ4n) is 4.37. The molecule has 1 N–H and O–H groups in total. The molecule has 0 atom stereocenters. The van der Waals surface area contributed by atoms with Gasteiger partial charge in [-0.15, -0.1) is 0 Å². The van der Waals surface area contributed by atoms with Gasteiger partial charge in [0.15, 0.2) is 0 Å². The number of nitrogens with zero attached hydrogens (tertiary/aromatic N) is 3. The maximum atomic E-state index is 13.0. The Bertz CT molecular complexity index is 603. The van der Waals surface area contributed by atoms with Gasteiger partial charge in [0.2, 0.25) is 5.91 Å². The van der Waals surface area contributed by atoms with Crippen LogP contribution in [0.15, 0.2) is 12.1 Å². The number of aromatic nitrogens is 1. The molecule has 3 aliphatic heterocycles. The van der Waals surface area contributed by atoms with E-state index in [1.807, 2.05) is 11.8 Å². The van der Waals surface area contributed by atoms with Crippen LogP contribution in [0.5, 0.6) is 0 Å². The first kappa shape index (κ1) is 14.9. The van der Waals surface area contributed by atoms with Gasteiger partial charge in [0.05, 0.1) is 16.8 Å². The van der Waals surface area contributed by atoms with Gasteiger partial charge in [-0.05, 0) is 64.3 Å². The minimum Gasteiger partial charge on any atom is -0.357 e. The summed E-state index contributed by atoms with van der Waals surface area (Å²) in [7, 11) is 0. The third-order valence-electron chi connectivity index (χ3n) is 5.84. The number of hydrogen-bond donors (Lipinski definition) is 1. The molecule has 0 aliphatic carbocycles. The molecule has 4 rings (SSSR count). The van der Waals surface area contributed by atoms with Crippen molar-refractivity contribution in [1.82, 2.24) is 10.3 Å². The van der Waals surface area contributed by atoms with Crippen LogP contribution in [0, 0.1) is 12.3 Å². The van der Waals surface area contributed by atoms with Crippen LogP contribution < -0.4 is 15.1 Å². The molecule has 0 aromatic carbocycles. The van der Waals surface area contributed by atoms with Crippen LogP contribution in [-0.2, 0) is 4.79 Å². The Morgan fingerprint density at radius 1 is 1.09 bits per heavy atom. The largest absolute Gasteiger partial charge is 0.357 e. The van der Waals surface area contributed by atoms with Crippen LogP contribution in [0.2, 0.25) is 0 Å². The van der Waals surface area contributed by atoms with E-state index < -0.39 is 0 Å². The van der Waals surface area contributed by atoms with Crippen molar-refractivity contribution in [2.45, 2.75) is 39.0 Å². The fourth-order valence-corrected chi connectivity index (χ4v) is 4.37. The number of nitrogens with one attached hydrogen (secondary N) is 1. The van der Waals surface area contributed by atoms with Crippen LogP contribution in [0.25, 0.3) is 0 Å². The van der Waals surface area contributed by atoms with Crippen molar-refractivity contribution >= 4 is 17.4 Å². The van der Waals surface area contributed by atoms with Gasteiger partial charge in [0, 0.05) is 19.6 Å². The first-order valence-corrected chi connectivity index (χ1v) is 8.95. The number of piperidine rings is 1. The summed E-state index contributed by atoms with van der Waals surface area (Å²) < 4.78 is 0. The predicted octanol–water partition coefficient (Wildman–Crippen LogP) is 2.10. The first-order valence-electron chi connectivity index (χ1n) is 8.95. The Morgan fingerprint density at radius 2 is 1.83 bits per heavy atom. The standard InChI is InChI=1S/C18H26N4O/c1-14-15(4-5-16(20-14)21-11-2-3-12-21)22-13-8-18(17(22)23)6-9-19-10-7-18/h4-5,19H,2-3,6-13H2,1H3. The number of hydrogen-bond acceptors (Lipinski definition) is 4. The van der Waals surface area contributed by atoms with Gasteiger partial charge < -0.3 is 15.1 Å². The zero-order valence-corrected chi connectivity index (χ0v) is 14.0. The van der Waals surface area contributed by atoms with E-state index in [4.69, 9.17) is 4.98 Å². The van der Waals surface area contributed by atoms with Gasteiger partial charge in [-0.3, -0.25) is 4.79 Å². The number of anilines is 2. The first-order chi connectivity index (χ1) is 11.2. The predicted molar refractivity (Wildman–Crippen MR) is 91.9 cm³/mol.